The molecule has 1 N–H and O–H groups in total. The molecule has 2 rings (SSSR count). The van der Waals surface area contributed by atoms with E-state index in [0.29, 0.717) is 4.77 Å². The van der Waals surface area contributed by atoms with E-state index in [9.17, 15) is 0 Å². The van der Waals surface area contributed by atoms with Crippen LogP contribution in [0.15, 0.2) is 6.07 Å². The van der Waals surface area contributed by atoms with E-state index in [4.69, 9.17) is 12.2 Å². The van der Waals surface area contributed by atoms with Crippen molar-refractivity contribution >= 4 is 12.2 Å². The van der Waals surface area contributed by atoms with Gasteiger partial charge >= 0.3 is 0 Å². The first kappa shape index (κ1) is 11.1. The van der Waals surface area contributed by atoms with Crippen molar-refractivity contribution in [3.05, 3.63) is 16.5 Å². The average molecular weight is 237 g/mol. The number of H-pyrrole nitrogens is 1. The summed E-state index contributed by atoms with van der Waals surface area (Å²) >= 11 is 5.21. The van der Waals surface area contributed by atoms with E-state index in [-0.39, 0.29) is 6.04 Å². The second kappa shape index (κ2) is 3.86. The average Bonchev–Trinajstić information content (AvgIpc) is 2.69. The van der Waals surface area contributed by atoms with Crippen LogP contribution >= 0.6 is 12.2 Å². The normalized spacial score (nSPS) is 11.3. The third-order valence-corrected chi connectivity index (χ3v) is 2.74. The molecule has 0 atom stereocenters. The number of nitrogens with zero attached hydrogens (tertiary/aromatic N) is 4. The molecule has 16 heavy (non-hydrogen) atoms. The predicted octanol–water partition coefficient (Wildman–Crippen LogP) is 2.23. The van der Waals surface area contributed by atoms with Crippen LogP contribution in [0, 0.1) is 11.7 Å². The van der Waals surface area contributed by atoms with Crippen molar-refractivity contribution in [1.29, 1.82) is 0 Å². The number of hydrogen-bond acceptors (Lipinski definition) is 3. The minimum atomic E-state index is 0.274. The van der Waals surface area contributed by atoms with Crippen molar-refractivity contribution < 1.29 is 0 Å². The summed E-state index contributed by atoms with van der Waals surface area (Å²) in [5, 5.41) is 11.4. The molecule has 0 radical (unpaired) electrons. The summed E-state index contributed by atoms with van der Waals surface area (Å²) < 4.78 is 4.45. The lowest BCUT2D eigenvalue weighted by atomic mass is 10.3. The van der Waals surface area contributed by atoms with Crippen LogP contribution < -0.4 is 0 Å². The maximum atomic E-state index is 5.21. The highest BCUT2D eigenvalue weighted by Gasteiger charge is 2.15. The highest BCUT2D eigenvalue weighted by Crippen LogP contribution is 2.21. The number of nitrogens with one attached hydrogen (secondary N) is 1. The van der Waals surface area contributed by atoms with Crippen LogP contribution in [0.1, 0.15) is 25.6 Å². The maximum absolute atomic E-state index is 5.21. The second-order valence-electron chi connectivity index (χ2n) is 4.11. The molecule has 5 nitrogen and oxygen atoms in total. The highest BCUT2D eigenvalue weighted by molar-refractivity contribution is 7.71. The van der Waals surface area contributed by atoms with Crippen molar-refractivity contribution in [3.8, 4) is 11.5 Å². The van der Waals surface area contributed by atoms with Crippen LogP contribution in [0.5, 0.6) is 0 Å². The topological polar surface area (TPSA) is 51.4 Å². The summed E-state index contributed by atoms with van der Waals surface area (Å²) in [5.41, 5.74) is 1.94. The van der Waals surface area contributed by atoms with Gasteiger partial charge in [0.25, 0.3) is 0 Å². The Morgan fingerprint density at radius 1 is 1.44 bits per heavy atom. The van der Waals surface area contributed by atoms with Gasteiger partial charge in [-0.3, -0.25) is 14.3 Å². The van der Waals surface area contributed by atoms with Crippen LogP contribution in [0.2, 0.25) is 0 Å². The van der Waals surface area contributed by atoms with Gasteiger partial charge in [0.15, 0.2) is 10.6 Å². The van der Waals surface area contributed by atoms with Crippen LogP contribution in [0.4, 0.5) is 0 Å². The molecule has 6 heteroatoms. The monoisotopic (exact) mass is 237 g/mol. The zero-order valence-electron chi connectivity index (χ0n) is 9.85. The van der Waals surface area contributed by atoms with Crippen molar-refractivity contribution in [2.75, 3.05) is 0 Å². The molecule has 0 saturated heterocycles. The summed E-state index contributed by atoms with van der Waals surface area (Å²) in [5.74, 6) is 0.836. The van der Waals surface area contributed by atoms with Gasteiger partial charge in [-0.05, 0) is 39.1 Å². The summed E-state index contributed by atoms with van der Waals surface area (Å²) in [6.45, 7) is 6.13. The number of aromatic amines is 1. The molecule has 2 aromatic heterocycles. The van der Waals surface area contributed by atoms with Crippen molar-refractivity contribution in [2.24, 2.45) is 7.05 Å². The molecule has 0 fully saturated rings. The first-order valence-electron chi connectivity index (χ1n) is 5.18. The SMILES string of the molecule is Cc1cc(-c2n[nH]c(=S)n2C(C)C)n(C)n1. The lowest BCUT2D eigenvalue weighted by molar-refractivity contribution is 0.592. The molecule has 86 valence electrons. The minimum absolute atomic E-state index is 0.274. The molecule has 0 bridgehead atoms. The lowest BCUT2D eigenvalue weighted by Gasteiger charge is -2.09. The molecule has 0 aliphatic rings. The van der Waals surface area contributed by atoms with Gasteiger partial charge in [-0.2, -0.15) is 10.2 Å². The Bertz CT molecular complexity index is 560. The largest absolute Gasteiger partial charge is 0.296 e. The van der Waals surface area contributed by atoms with Gasteiger partial charge in [0, 0.05) is 13.1 Å². The molecule has 0 saturated carbocycles. The van der Waals surface area contributed by atoms with E-state index >= 15 is 0 Å². The number of aryl methyl sites for hydroxylation is 2. The fraction of sp³-hybridized carbons (Fsp3) is 0.500. The quantitative estimate of drug-likeness (QED) is 0.815. The van der Waals surface area contributed by atoms with E-state index in [0.717, 1.165) is 17.2 Å². The van der Waals surface area contributed by atoms with Gasteiger partial charge in [0.1, 0.15) is 5.69 Å². The zero-order valence-corrected chi connectivity index (χ0v) is 10.7. The van der Waals surface area contributed by atoms with Crippen molar-refractivity contribution in [1.82, 2.24) is 24.5 Å². The summed E-state index contributed by atoms with van der Waals surface area (Å²) in [7, 11) is 1.91. The highest BCUT2D eigenvalue weighted by atomic mass is 32.1. The molecular formula is C10H15N5S. The maximum Gasteiger partial charge on any atom is 0.195 e. The Hall–Kier alpha value is -1.43. The summed E-state index contributed by atoms with van der Waals surface area (Å²) in [6.07, 6.45) is 0. The summed E-state index contributed by atoms with van der Waals surface area (Å²) in [6, 6.07) is 2.28. The van der Waals surface area contributed by atoms with Gasteiger partial charge in [0.05, 0.1) is 5.69 Å². The number of hydrogen-bond donors (Lipinski definition) is 1. The smallest absolute Gasteiger partial charge is 0.195 e. The standard InChI is InChI=1S/C10H15N5S/c1-6(2)15-9(11-12-10(15)16)8-5-7(3)13-14(8)4/h5-6H,1-4H3,(H,12,16). The van der Waals surface area contributed by atoms with E-state index in [2.05, 4.69) is 29.1 Å². The molecule has 0 aromatic carbocycles. The van der Waals surface area contributed by atoms with Gasteiger partial charge < -0.3 is 0 Å². The molecule has 0 unspecified atom stereocenters. The Morgan fingerprint density at radius 2 is 2.12 bits per heavy atom. The fourth-order valence-electron chi connectivity index (χ4n) is 1.78. The van der Waals surface area contributed by atoms with Gasteiger partial charge in [-0.1, -0.05) is 0 Å². The zero-order chi connectivity index (χ0) is 11.9. The number of rotatable bonds is 2. The van der Waals surface area contributed by atoms with Gasteiger partial charge in [-0.15, -0.1) is 0 Å². The van der Waals surface area contributed by atoms with Crippen LogP contribution in [-0.4, -0.2) is 24.5 Å². The van der Waals surface area contributed by atoms with Crippen molar-refractivity contribution in [3.63, 3.8) is 0 Å². The summed E-state index contributed by atoms with van der Waals surface area (Å²) in [4.78, 5) is 0. The fourth-order valence-corrected chi connectivity index (χ4v) is 2.13. The van der Waals surface area contributed by atoms with Crippen LogP contribution in [0.25, 0.3) is 11.5 Å². The second-order valence-corrected chi connectivity index (χ2v) is 4.50. The molecule has 0 spiro atoms. The predicted molar refractivity (Wildman–Crippen MR) is 64.7 cm³/mol. The Morgan fingerprint density at radius 3 is 2.62 bits per heavy atom. The van der Waals surface area contributed by atoms with Crippen molar-refractivity contribution in [2.45, 2.75) is 26.8 Å². The molecular weight excluding hydrogens is 222 g/mol. The number of aromatic nitrogens is 5. The third kappa shape index (κ3) is 1.69. The molecule has 2 heterocycles. The Balaban J connectivity index is 2.65. The van der Waals surface area contributed by atoms with E-state index in [1.165, 1.54) is 0 Å². The van der Waals surface area contributed by atoms with E-state index in [1.54, 1.807) is 0 Å². The van der Waals surface area contributed by atoms with Crippen LogP contribution in [-0.2, 0) is 7.05 Å². The Kier molecular flexibility index (Phi) is 2.67. The third-order valence-electron chi connectivity index (χ3n) is 2.45. The van der Waals surface area contributed by atoms with E-state index in [1.807, 2.05) is 29.3 Å². The van der Waals surface area contributed by atoms with E-state index < -0.39 is 0 Å². The van der Waals surface area contributed by atoms with Gasteiger partial charge in [-0.25, -0.2) is 0 Å². The Labute approximate surface area is 99.1 Å². The van der Waals surface area contributed by atoms with Crippen LogP contribution in [0.3, 0.4) is 0 Å². The minimum Gasteiger partial charge on any atom is -0.296 e. The van der Waals surface area contributed by atoms with Gasteiger partial charge in [0.2, 0.25) is 0 Å². The lowest BCUT2D eigenvalue weighted by Crippen LogP contribution is -2.05. The molecule has 0 aliphatic carbocycles. The first-order chi connectivity index (χ1) is 7.50. The molecule has 0 aliphatic heterocycles. The molecule has 0 amide bonds. The molecule has 2 aromatic rings. The first-order valence-corrected chi connectivity index (χ1v) is 5.59.